The summed E-state index contributed by atoms with van der Waals surface area (Å²) < 4.78 is 0. The zero-order valence-electron chi connectivity index (χ0n) is 18.5. The molecule has 8 nitrogen and oxygen atoms in total. The fourth-order valence-corrected chi connectivity index (χ4v) is 4.31. The van der Waals surface area contributed by atoms with Gasteiger partial charge < -0.3 is 26.2 Å². The van der Waals surface area contributed by atoms with E-state index in [0.717, 1.165) is 47.1 Å². The van der Waals surface area contributed by atoms with Gasteiger partial charge in [0.2, 0.25) is 5.91 Å². The van der Waals surface area contributed by atoms with Gasteiger partial charge in [-0.1, -0.05) is 6.07 Å². The van der Waals surface area contributed by atoms with Crippen molar-refractivity contribution < 1.29 is 4.79 Å². The Hall–Kier alpha value is -3.99. The Labute approximate surface area is 188 Å². The van der Waals surface area contributed by atoms with Gasteiger partial charge in [-0.05, 0) is 31.2 Å². The van der Waals surface area contributed by atoms with Crippen LogP contribution in [0.2, 0.25) is 0 Å². The summed E-state index contributed by atoms with van der Waals surface area (Å²) in [4.78, 5) is 20.7. The van der Waals surface area contributed by atoms with Gasteiger partial charge in [0.25, 0.3) is 0 Å². The molecule has 0 spiro atoms. The molecule has 0 aliphatic carbocycles. The number of hydrogen-bond acceptors (Lipinski definition) is 7. The van der Waals surface area contributed by atoms with Gasteiger partial charge in [0.1, 0.15) is 0 Å². The van der Waals surface area contributed by atoms with Crippen molar-refractivity contribution in [3.63, 3.8) is 0 Å². The molecule has 0 fully saturated rings. The maximum atomic E-state index is 12.2. The molecule has 164 valence electrons. The number of allylic oxidation sites excluding steroid dienone is 1. The second kappa shape index (κ2) is 8.63. The second-order valence-electron chi connectivity index (χ2n) is 8.08. The number of para-hydroxylation sites is 1. The molecule has 0 aromatic heterocycles. The fraction of sp³-hybridized carbons (Fsp3) is 0.292. The Morgan fingerprint density at radius 2 is 2.09 bits per heavy atom. The van der Waals surface area contributed by atoms with E-state index in [-0.39, 0.29) is 11.9 Å². The maximum Gasteiger partial charge on any atom is 0.226 e. The quantitative estimate of drug-likeness (QED) is 0.646. The highest BCUT2D eigenvalue weighted by Crippen LogP contribution is 2.45. The third kappa shape index (κ3) is 3.73. The van der Waals surface area contributed by atoms with Crippen LogP contribution >= 0.6 is 0 Å². The smallest absolute Gasteiger partial charge is 0.226 e. The van der Waals surface area contributed by atoms with E-state index in [0.29, 0.717) is 17.6 Å². The summed E-state index contributed by atoms with van der Waals surface area (Å²) in [6, 6.07) is 12.1. The van der Waals surface area contributed by atoms with Gasteiger partial charge in [-0.15, -0.1) is 0 Å². The number of fused-ring (bicyclic) bond motifs is 2. The summed E-state index contributed by atoms with van der Waals surface area (Å²) in [6.45, 7) is 3.54. The lowest BCUT2D eigenvalue weighted by molar-refractivity contribution is -0.116. The highest BCUT2D eigenvalue weighted by Gasteiger charge is 2.28. The van der Waals surface area contributed by atoms with E-state index >= 15 is 0 Å². The SMILES string of the molecule is CN=C/C(=C\N)c1cc2c(cc1C#N)N(c1cccc3c1N[C@H](C)CC(=O)N3)CCN2C. The van der Waals surface area contributed by atoms with Gasteiger partial charge in [-0.25, -0.2) is 0 Å². The first-order valence-corrected chi connectivity index (χ1v) is 10.6. The lowest BCUT2D eigenvalue weighted by Crippen LogP contribution is -2.37. The number of nitrogens with two attached hydrogens (primary N) is 1. The lowest BCUT2D eigenvalue weighted by Gasteiger charge is -2.38. The predicted molar refractivity (Wildman–Crippen MR) is 131 cm³/mol. The van der Waals surface area contributed by atoms with E-state index in [2.05, 4.69) is 31.5 Å². The summed E-state index contributed by atoms with van der Waals surface area (Å²) >= 11 is 0. The zero-order chi connectivity index (χ0) is 22.8. The molecule has 4 rings (SSSR count). The van der Waals surface area contributed by atoms with Crippen molar-refractivity contribution in [2.24, 2.45) is 10.7 Å². The van der Waals surface area contributed by atoms with Crippen molar-refractivity contribution in [2.45, 2.75) is 19.4 Å². The summed E-state index contributed by atoms with van der Waals surface area (Å²) in [6.07, 6.45) is 3.54. The molecule has 2 aromatic carbocycles. The average Bonchev–Trinajstić information content (AvgIpc) is 2.93. The summed E-state index contributed by atoms with van der Waals surface area (Å²) in [5.41, 5.74) is 12.4. The van der Waals surface area contributed by atoms with Crippen LogP contribution in [0.4, 0.5) is 28.4 Å². The molecule has 0 saturated carbocycles. The fourth-order valence-electron chi connectivity index (χ4n) is 4.31. The summed E-state index contributed by atoms with van der Waals surface area (Å²) in [5, 5.41) is 16.4. The third-order valence-electron chi connectivity index (χ3n) is 5.84. The highest BCUT2D eigenvalue weighted by atomic mass is 16.1. The average molecular weight is 430 g/mol. The topological polar surface area (TPSA) is 110 Å². The molecule has 4 N–H and O–H groups in total. The van der Waals surface area contributed by atoms with Gasteiger partial charge in [0.15, 0.2) is 0 Å². The number of aliphatic imine (C=N–C) groups is 1. The van der Waals surface area contributed by atoms with Crippen LogP contribution in [0.15, 0.2) is 41.5 Å². The van der Waals surface area contributed by atoms with Crippen LogP contribution in [0.25, 0.3) is 5.57 Å². The van der Waals surface area contributed by atoms with Crippen LogP contribution in [-0.2, 0) is 4.79 Å². The number of amides is 1. The molecule has 2 aromatic rings. The van der Waals surface area contributed by atoms with Crippen LogP contribution in [0.5, 0.6) is 0 Å². The molecular formula is C24H27N7O. The molecule has 2 aliphatic rings. The Kier molecular flexibility index (Phi) is 5.73. The number of anilines is 5. The maximum absolute atomic E-state index is 12.2. The standard InChI is InChI=1S/C24H27N7O/c1-15-9-23(32)29-19-5-4-6-20(24(19)28-15)31-8-7-30(3)21-11-18(17(13-26)14-27-2)16(12-25)10-22(21)31/h4-6,10-11,13-15,28H,7-9,26H2,1-3H3,(H,29,32)/b17-13+,27-14?/t15-/m1/s1. The van der Waals surface area contributed by atoms with Crippen molar-refractivity contribution in [3.8, 4) is 6.07 Å². The molecule has 8 heteroatoms. The molecule has 0 bridgehead atoms. The van der Waals surface area contributed by atoms with Crippen molar-refractivity contribution >= 4 is 46.1 Å². The van der Waals surface area contributed by atoms with Crippen LogP contribution in [-0.4, -0.2) is 45.3 Å². The number of carbonyl (C=O) groups excluding carboxylic acids is 1. The molecule has 1 atom stereocenters. The number of nitriles is 1. The first-order valence-electron chi connectivity index (χ1n) is 10.6. The first kappa shape index (κ1) is 21.2. The van der Waals surface area contributed by atoms with E-state index in [9.17, 15) is 10.1 Å². The van der Waals surface area contributed by atoms with E-state index in [1.165, 1.54) is 6.20 Å². The van der Waals surface area contributed by atoms with Crippen molar-refractivity contribution in [2.75, 3.05) is 47.6 Å². The zero-order valence-corrected chi connectivity index (χ0v) is 18.5. The summed E-state index contributed by atoms with van der Waals surface area (Å²) in [5.74, 6) is -0.00484. The molecular weight excluding hydrogens is 402 g/mol. The number of likely N-dealkylation sites (N-methyl/N-ethyl adjacent to an activating group) is 1. The molecule has 0 radical (unpaired) electrons. The van der Waals surface area contributed by atoms with E-state index in [1.54, 1.807) is 13.3 Å². The molecule has 32 heavy (non-hydrogen) atoms. The second-order valence-corrected chi connectivity index (χ2v) is 8.08. The Balaban J connectivity index is 1.88. The van der Waals surface area contributed by atoms with Crippen LogP contribution in [0.1, 0.15) is 24.5 Å². The third-order valence-corrected chi connectivity index (χ3v) is 5.84. The Bertz CT molecular complexity index is 1160. The van der Waals surface area contributed by atoms with Gasteiger partial charge >= 0.3 is 0 Å². The number of hydrogen-bond donors (Lipinski definition) is 3. The van der Waals surface area contributed by atoms with Gasteiger partial charge in [-0.2, -0.15) is 5.26 Å². The minimum Gasteiger partial charge on any atom is -0.404 e. The normalized spacial score (nSPS) is 18.4. The summed E-state index contributed by atoms with van der Waals surface area (Å²) in [7, 11) is 3.72. The highest BCUT2D eigenvalue weighted by molar-refractivity contribution is 6.11. The van der Waals surface area contributed by atoms with Crippen LogP contribution in [0, 0.1) is 11.3 Å². The molecule has 2 heterocycles. The largest absolute Gasteiger partial charge is 0.404 e. The van der Waals surface area contributed by atoms with Gasteiger partial charge in [-0.3, -0.25) is 9.79 Å². The van der Waals surface area contributed by atoms with Gasteiger partial charge in [0.05, 0.1) is 40.1 Å². The van der Waals surface area contributed by atoms with Crippen molar-refractivity contribution in [3.05, 3.63) is 47.7 Å². The van der Waals surface area contributed by atoms with Crippen molar-refractivity contribution in [1.82, 2.24) is 0 Å². The molecule has 0 unspecified atom stereocenters. The van der Waals surface area contributed by atoms with E-state index < -0.39 is 0 Å². The number of carbonyl (C=O) groups is 1. The number of nitrogens with zero attached hydrogens (tertiary/aromatic N) is 4. The van der Waals surface area contributed by atoms with Crippen LogP contribution < -0.4 is 26.2 Å². The Morgan fingerprint density at radius 3 is 2.81 bits per heavy atom. The first-order chi connectivity index (χ1) is 15.5. The number of nitrogens with one attached hydrogen (secondary N) is 2. The lowest BCUT2D eigenvalue weighted by atomic mass is 9.97. The van der Waals surface area contributed by atoms with E-state index in [4.69, 9.17) is 5.73 Å². The number of benzene rings is 2. The minimum atomic E-state index is -0.00484. The number of rotatable bonds is 3. The monoisotopic (exact) mass is 429 g/mol. The minimum absolute atomic E-state index is 0.00484. The van der Waals surface area contributed by atoms with Crippen LogP contribution in [0.3, 0.4) is 0 Å². The molecule has 1 amide bonds. The predicted octanol–water partition coefficient (Wildman–Crippen LogP) is 3.29. The van der Waals surface area contributed by atoms with Crippen molar-refractivity contribution in [1.29, 1.82) is 5.26 Å². The Morgan fingerprint density at radius 1 is 1.28 bits per heavy atom. The molecule has 0 saturated heterocycles. The molecule has 2 aliphatic heterocycles. The van der Waals surface area contributed by atoms with E-state index in [1.807, 2.05) is 44.3 Å². The van der Waals surface area contributed by atoms with Gasteiger partial charge in [0, 0.05) is 63.2 Å².